The fraction of sp³-hybridized carbons (Fsp3) is 0.300. The molecule has 0 aromatic heterocycles. The van der Waals surface area contributed by atoms with Gasteiger partial charge in [-0.1, -0.05) is 31.2 Å². The molecule has 2 rings (SSSR count). The standard InChI is InChI=1S/C20H21FO4S/c1-3-26(24)17-11-7-15(8-12-17)19(22)18(20(23)25-2)13-6-14-4-9-16(21)10-5-14/h4-5,7-12,18H,3,6,13H2,1-2H3. The third-order valence-electron chi connectivity index (χ3n) is 4.10. The van der Waals surface area contributed by atoms with Crippen LogP contribution < -0.4 is 0 Å². The highest BCUT2D eigenvalue weighted by Gasteiger charge is 2.28. The molecule has 0 aliphatic carbocycles. The van der Waals surface area contributed by atoms with Gasteiger partial charge in [-0.3, -0.25) is 13.8 Å². The van der Waals surface area contributed by atoms with E-state index in [0.717, 1.165) is 5.56 Å². The molecule has 0 bridgehead atoms. The van der Waals surface area contributed by atoms with Gasteiger partial charge in [0.2, 0.25) is 0 Å². The molecule has 0 heterocycles. The first-order valence-electron chi connectivity index (χ1n) is 8.31. The zero-order valence-electron chi connectivity index (χ0n) is 14.7. The Labute approximate surface area is 154 Å². The summed E-state index contributed by atoms with van der Waals surface area (Å²) in [5, 5.41) is 0. The van der Waals surface area contributed by atoms with Gasteiger partial charge in [0.05, 0.1) is 17.9 Å². The van der Waals surface area contributed by atoms with Crippen LogP contribution in [0.25, 0.3) is 0 Å². The number of ketones is 1. The summed E-state index contributed by atoms with van der Waals surface area (Å²) < 4.78 is 29.5. The summed E-state index contributed by atoms with van der Waals surface area (Å²) in [6, 6.07) is 12.4. The van der Waals surface area contributed by atoms with Crippen LogP contribution in [0.3, 0.4) is 0 Å². The lowest BCUT2D eigenvalue weighted by Crippen LogP contribution is -2.26. The summed E-state index contributed by atoms with van der Waals surface area (Å²) in [6.45, 7) is 1.82. The van der Waals surface area contributed by atoms with E-state index >= 15 is 0 Å². The highest BCUT2D eigenvalue weighted by molar-refractivity contribution is 7.85. The maximum atomic E-state index is 13.0. The summed E-state index contributed by atoms with van der Waals surface area (Å²) >= 11 is 0. The van der Waals surface area contributed by atoms with E-state index < -0.39 is 22.7 Å². The number of halogens is 1. The van der Waals surface area contributed by atoms with Gasteiger partial charge in [-0.15, -0.1) is 0 Å². The lowest BCUT2D eigenvalue weighted by atomic mass is 9.91. The third-order valence-corrected chi connectivity index (χ3v) is 5.42. The Kier molecular flexibility index (Phi) is 7.21. The van der Waals surface area contributed by atoms with Gasteiger partial charge in [0, 0.05) is 16.2 Å². The van der Waals surface area contributed by atoms with Crippen molar-refractivity contribution in [1.82, 2.24) is 0 Å². The Balaban J connectivity index is 2.14. The number of Topliss-reactive ketones (excluding diaryl/α,β-unsaturated/α-hetero) is 1. The molecule has 0 saturated carbocycles. The zero-order chi connectivity index (χ0) is 19.1. The molecule has 0 aliphatic heterocycles. The van der Waals surface area contributed by atoms with E-state index in [9.17, 15) is 18.2 Å². The number of carbonyl (C=O) groups is 2. The van der Waals surface area contributed by atoms with Crippen molar-refractivity contribution in [3.63, 3.8) is 0 Å². The lowest BCUT2D eigenvalue weighted by molar-refractivity contribution is -0.143. The Hall–Kier alpha value is -2.34. The lowest BCUT2D eigenvalue weighted by Gasteiger charge is -2.14. The van der Waals surface area contributed by atoms with E-state index in [-0.39, 0.29) is 18.0 Å². The quantitative estimate of drug-likeness (QED) is 0.402. The van der Waals surface area contributed by atoms with E-state index in [1.807, 2.05) is 6.92 Å². The number of carbonyl (C=O) groups excluding carboxylic acids is 2. The van der Waals surface area contributed by atoms with Crippen molar-refractivity contribution in [2.75, 3.05) is 12.9 Å². The Morgan fingerprint density at radius 1 is 1.08 bits per heavy atom. The topological polar surface area (TPSA) is 60.4 Å². The van der Waals surface area contributed by atoms with Crippen LogP contribution >= 0.6 is 0 Å². The number of hydrogen-bond donors (Lipinski definition) is 0. The van der Waals surface area contributed by atoms with Crippen LogP contribution in [0.4, 0.5) is 4.39 Å². The van der Waals surface area contributed by atoms with Crippen molar-refractivity contribution in [1.29, 1.82) is 0 Å². The van der Waals surface area contributed by atoms with Gasteiger partial charge in [-0.25, -0.2) is 4.39 Å². The van der Waals surface area contributed by atoms with Crippen molar-refractivity contribution >= 4 is 22.6 Å². The molecule has 0 N–H and O–H groups in total. The van der Waals surface area contributed by atoms with Gasteiger partial charge in [0.25, 0.3) is 0 Å². The van der Waals surface area contributed by atoms with Gasteiger partial charge in [0.15, 0.2) is 5.78 Å². The van der Waals surface area contributed by atoms with Crippen molar-refractivity contribution in [2.24, 2.45) is 5.92 Å². The SMILES string of the molecule is CCS(=O)c1ccc(C(=O)C(CCc2ccc(F)cc2)C(=O)OC)cc1. The second-order valence-electron chi connectivity index (χ2n) is 5.76. The number of rotatable bonds is 8. The average molecular weight is 376 g/mol. The van der Waals surface area contributed by atoms with Crippen LogP contribution in [0.2, 0.25) is 0 Å². The van der Waals surface area contributed by atoms with Gasteiger partial charge < -0.3 is 4.74 Å². The molecule has 26 heavy (non-hydrogen) atoms. The normalized spacial score (nSPS) is 13.0. The summed E-state index contributed by atoms with van der Waals surface area (Å²) in [5.74, 6) is -1.71. The monoisotopic (exact) mass is 376 g/mol. The zero-order valence-corrected chi connectivity index (χ0v) is 15.6. The van der Waals surface area contributed by atoms with Crippen molar-refractivity contribution in [3.05, 3.63) is 65.5 Å². The first-order valence-corrected chi connectivity index (χ1v) is 9.63. The first-order chi connectivity index (χ1) is 12.5. The summed E-state index contributed by atoms with van der Waals surface area (Å²) in [5.41, 5.74) is 1.21. The predicted molar refractivity (Wildman–Crippen MR) is 97.9 cm³/mol. The number of ether oxygens (including phenoxy) is 1. The molecular weight excluding hydrogens is 355 g/mol. The highest BCUT2D eigenvalue weighted by Crippen LogP contribution is 2.19. The summed E-state index contributed by atoms with van der Waals surface area (Å²) in [4.78, 5) is 25.5. The Morgan fingerprint density at radius 2 is 1.69 bits per heavy atom. The molecular formula is C20H21FO4S. The largest absolute Gasteiger partial charge is 0.468 e. The van der Waals surface area contributed by atoms with Gasteiger partial charge >= 0.3 is 5.97 Å². The van der Waals surface area contributed by atoms with Crippen molar-refractivity contribution in [2.45, 2.75) is 24.7 Å². The molecule has 0 amide bonds. The van der Waals surface area contributed by atoms with Crippen LogP contribution in [0.1, 0.15) is 29.3 Å². The first kappa shape index (κ1) is 20.0. The third kappa shape index (κ3) is 5.08. The van der Waals surface area contributed by atoms with E-state index in [4.69, 9.17) is 4.74 Å². The fourth-order valence-electron chi connectivity index (χ4n) is 2.60. The van der Waals surface area contributed by atoms with Gasteiger partial charge in [-0.2, -0.15) is 0 Å². The van der Waals surface area contributed by atoms with Crippen LogP contribution in [0, 0.1) is 11.7 Å². The Bertz CT molecular complexity index is 784. The van der Waals surface area contributed by atoms with E-state index in [2.05, 4.69) is 0 Å². The molecule has 0 radical (unpaired) electrons. The molecule has 2 atom stereocenters. The van der Waals surface area contributed by atoms with E-state index in [0.29, 0.717) is 22.6 Å². The second-order valence-corrected chi connectivity index (χ2v) is 7.50. The van der Waals surface area contributed by atoms with Gasteiger partial charge in [-0.05, 0) is 42.7 Å². The molecule has 0 spiro atoms. The van der Waals surface area contributed by atoms with Crippen molar-refractivity contribution in [3.8, 4) is 0 Å². The molecule has 2 unspecified atom stereocenters. The molecule has 6 heteroatoms. The minimum absolute atomic E-state index is 0.264. The van der Waals surface area contributed by atoms with Crippen molar-refractivity contribution < 1.29 is 22.9 Å². The minimum atomic E-state index is -1.10. The van der Waals surface area contributed by atoms with Crippen LogP contribution in [-0.4, -0.2) is 28.8 Å². The predicted octanol–water partition coefficient (Wildman–Crippen LogP) is 3.56. The molecule has 2 aromatic rings. The maximum Gasteiger partial charge on any atom is 0.316 e. The van der Waals surface area contributed by atoms with E-state index in [1.165, 1.54) is 19.2 Å². The summed E-state index contributed by atoms with van der Waals surface area (Å²) in [6.07, 6.45) is 0.712. The average Bonchev–Trinajstić information content (AvgIpc) is 2.68. The Morgan fingerprint density at radius 3 is 2.23 bits per heavy atom. The molecule has 0 saturated heterocycles. The molecule has 138 valence electrons. The molecule has 2 aromatic carbocycles. The minimum Gasteiger partial charge on any atom is -0.468 e. The highest BCUT2D eigenvalue weighted by atomic mass is 32.2. The number of benzene rings is 2. The fourth-order valence-corrected chi connectivity index (χ4v) is 3.37. The number of hydrogen-bond acceptors (Lipinski definition) is 4. The van der Waals surface area contributed by atoms with Crippen LogP contribution in [0.15, 0.2) is 53.4 Å². The van der Waals surface area contributed by atoms with Crippen LogP contribution in [-0.2, 0) is 26.8 Å². The number of methoxy groups -OCH3 is 1. The number of aryl methyl sites for hydroxylation is 1. The maximum absolute atomic E-state index is 13.0. The summed E-state index contributed by atoms with van der Waals surface area (Å²) in [7, 11) is 0.147. The second kappa shape index (κ2) is 9.38. The molecule has 0 aliphatic rings. The van der Waals surface area contributed by atoms with Crippen LogP contribution in [0.5, 0.6) is 0 Å². The smallest absolute Gasteiger partial charge is 0.316 e. The number of esters is 1. The van der Waals surface area contributed by atoms with E-state index in [1.54, 1.807) is 36.4 Å². The molecule has 4 nitrogen and oxygen atoms in total. The molecule has 0 fully saturated rings. The van der Waals surface area contributed by atoms with Gasteiger partial charge in [0.1, 0.15) is 11.7 Å².